The summed E-state index contributed by atoms with van der Waals surface area (Å²) in [5.41, 5.74) is 1.86. The van der Waals surface area contributed by atoms with E-state index in [4.69, 9.17) is 5.11 Å². The average Bonchev–Trinajstić information content (AvgIpc) is 3.32. The van der Waals surface area contributed by atoms with Crippen molar-refractivity contribution < 1.29 is 15.3 Å². The number of aromatic nitrogens is 3. The van der Waals surface area contributed by atoms with E-state index in [0.717, 1.165) is 37.8 Å². The number of aliphatic hydroxyl groups excluding tert-OH is 2. The summed E-state index contributed by atoms with van der Waals surface area (Å²) in [7, 11) is 0. The molecule has 0 unspecified atom stereocenters. The summed E-state index contributed by atoms with van der Waals surface area (Å²) < 4.78 is 1.76. The fourth-order valence-corrected chi connectivity index (χ4v) is 8.75. The first-order valence-corrected chi connectivity index (χ1v) is 12.8. The predicted molar refractivity (Wildman–Crippen MR) is 123 cm³/mol. The maximum Gasteiger partial charge on any atom is 0.0849 e. The Morgan fingerprint density at radius 2 is 1.97 bits per heavy atom. The minimum atomic E-state index is -0.838. The Morgan fingerprint density at radius 3 is 2.75 bits per heavy atom. The van der Waals surface area contributed by atoms with Gasteiger partial charge in [0.25, 0.3) is 0 Å². The summed E-state index contributed by atoms with van der Waals surface area (Å²) in [6.45, 7) is 7.43. The van der Waals surface area contributed by atoms with E-state index in [1.54, 1.807) is 4.68 Å². The van der Waals surface area contributed by atoms with Crippen molar-refractivity contribution in [2.75, 3.05) is 6.61 Å². The highest BCUT2D eigenvalue weighted by Gasteiger charge is 2.61. The number of hydrogen-bond donors (Lipinski definition) is 3. The van der Waals surface area contributed by atoms with E-state index in [2.05, 4.69) is 30.2 Å². The van der Waals surface area contributed by atoms with Gasteiger partial charge in [-0.3, -0.25) is 0 Å². The molecule has 0 radical (unpaired) electrons. The van der Waals surface area contributed by atoms with E-state index in [-0.39, 0.29) is 29.5 Å². The minimum absolute atomic E-state index is 0.0636. The molecule has 0 aromatic carbocycles. The number of allylic oxidation sites excluding steroid dienone is 1. The van der Waals surface area contributed by atoms with Crippen molar-refractivity contribution in [3.63, 3.8) is 0 Å². The number of nitrogens with zero attached hydrogens (tertiary/aromatic N) is 3. The van der Waals surface area contributed by atoms with Gasteiger partial charge in [-0.25, -0.2) is 4.68 Å². The van der Waals surface area contributed by atoms with Crippen molar-refractivity contribution in [3.8, 4) is 0 Å². The van der Waals surface area contributed by atoms with Gasteiger partial charge in [-0.2, -0.15) is 0 Å². The zero-order valence-electron chi connectivity index (χ0n) is 20.0. The molecule has 3 saturated carbocycles. The monoisotopic (exact) mass is 443 g/mol. The summed E-state index contributed by atoms with van der Waals surface area (Å²) >= 11 is 0. The third kappa shape index (κ3) is 3.48. The molecule has 1 heterocycles. The van der Waals surface area contributed by atoms with Gasteiger partial charge in [0.1, 0.15) is 0 Å². The van der Waals surface area contributed by atoms with Gasteiger partial charge >= 0.3 is 0 Å². The summed E-state index contributed by atoms with van der Waals surface area (Å²) in [5, 5.41) is 39.4. The number of fused-ring (bicyclic) bond motifs is 5. The molecule has 4 aliphatic carbocycles. The van der Waals surface area contributed by atoms with Crippen molar-refractivity contribution in [1.29, 1.82) is 0 Å². The Kier molecular flexibility index (Phi) is 5.58. The van der Waals surface area contributed by atoms with Crippen molar-refractivity contribution >= 4 is 0 Å². The van der Waals surface area contributed by atoms with E-state index in [0.29, 0.717) is 30.7 Å². The molecule has 8 atom stereocenters. The normalized spacial score (nSPS) is 43.1. The summed E-state index contributed by atoms with van der Waals surface area (Å²) in [6, 6.07) is 0. The van der Waals surface area contributed by atoms with Crippen LogP contribution in [0.3, 0.4) is 0 Å². The first kappa shape index (κ1) is 22.5. The van der Waals surface area contributed by atoms with E-state index in [9.17, 15) is 10.2 Å². The lowest BCUT2D eigenvalue weighted by Gasteiger charge is -2.58. The zero-order chi connectivity index (χ0) is 22.7. The number of rotatable bonds is 5. The fraction of sp³-hybridized carbons (Fsp3) is 0.846. The van der Waals surface area contributed by atoms with E-state index < -0.39 is 5.60 Å². The fourth-order valence-electron chi connectivity index (χ4n) is 8.75. The van der Waals surface area contributed by atoms with Gasteiger partial charge in [-0.15, -0.1) is 5.10 Å². The Labute approximate surface area is 192 Å². The highest BCUT2D eigenvalue weighted by Crippen LogP contribution is 2.67. The predicted octanol–water partition coefficient (Wildman–Crippen LogP) is 3.50. The topological polar surface area (TPSA) is 91.4 Å². The molecule has 0 bridgehead atoms. The molecule has 0 amide bonds. The van der Waals surface area contributed by atoms with Crippen molar-refractivity contribution in [2.45, 2.75) is 96.8 Å². The molecule has 0 saturated heterocycles. The van der Waals surface area contributed by atoms with Gasteiger partial charge in [0.15, 0.2) is 0 Å². The molecule has 6 nitrogen and oxygen atoms in total. The minimum Gasteiger partial charge on any atom is -0.396 e. The van der Waals surface area contributed by atoms with Gasteiger partial charge in [-0.05, 0) is 92.8 Å². The van der Waals surface area contributed by atoms with Crippen LogP contribution >= 0.6 is 0 Å². The van der Waals surface area contributed by atoms with Crippen molar-refractivity contribution in [2.24, 2.45) is 34.5 Å². The van der Waals surface area contributed by atoms with Crippen LogP contribution in [-0.4, -0.2) is 48.6 Å². The molecular formula is C26H41N3O3. The van der Waals surface area contributed by atoms with Crippen LogP contribution in [-0.2, 0) is 13.0 Å². The van der Waals surface area contributed by atoms with E-state index in [1.807, 2.05) is 13.1 Å². The Hall–Kier alpha value is -1.24. The molecule has 178 valence electrons. The van der Waals surface area contributed by atoms with Gasteiger partial charge in [0.05, 0.1) is 23.9 Å². The standard InChI is InChI=1S/C26H41N3O3/c1-24-11-8-19(31)14-17(24)4-5-20-21-6-7-23(25(21,2)12-9-22(20)24)26(3,32)16-29-15-18(10-13-30)27-28-29/h4,15,19-23,30-32H,5-14,16H2,1-3H3/t19-,20-,21-,22-,23-,24-,25-,26-/m0/s1. The van der Waals surface area contributed by atoms with Crippen LogP contribution in [0.4, 0.5) is 0 Å². The molecule has 0 aliphatic heterocycles. The maximum atomic E-state index is 11.7. The first-order valence-electron chi connectivity index (χ1n) is 12.8. The van der Waals surface area contributed by atoms with Crippen LogP contribution in [0.5, 0.6) is 0 Å². The van der Waals surface area contributed by atoms with E-state index in [1.165, 1.54) is 24.8 Å². The molecule has 32 heavy (non-hydrogen) atoms. The Balaban J connectivity index is 1.36. The molecule has 5 rings (SSSR count). The molecule has 1 aromatic rings. The van der Waals surface area contributed by atoms with Crippen LogP contribution < -0.4 is 0 Å². The molecule has 1 aromatic heterocycles. The first-order chi connectivity index (χ1) is 15.2. The summed E-state index contributed by atoms with van der Waals surface area (Å²) in [6.07, 6.45) is 13.5. The molecule has 4 aliphatic rings. The van der Waals surface area contributed by atoms with Gasteiger partial charge in [0, 0.05) is 19.2 Å². The van der Waals surface area contributed by atoms with Gasteiger partial charge < -0.3 is 15.3 Å². The van der Waals surface area contributed by atoms with Crippen LogP contribution in [0.1, 0.15) is 77.8 Å². The van der Waals surface area contributed by atoms with Crippen LogP contribution in [0, 0.1) is 34.5 Å². The molecule has 6 heteroatoms. The second-order valence-corrected chi connectivity index (χ2v) is 12.1. The number of hydrogen-bond acceptors (Lipinski definition) is 5. The lowest BCUT2D eigenvalue weighted by molar-refractivity contribution is -0.109. The largest absolute Gasteiger partial charge is 0.396 e. The smallest absolute Gasteiger partial charge is 0.0849 e. The lowest BCUT2D eigenvalue weighted by atomic mass is 9.47. The quantitative estimate of drug-likeness (QED) is 0.606. The van der Waals surface area contributed by atoms with Gasteiger partial charge in [0.2, 0.25) is 0 Å². The van der Waals surface area contributed by atoms with Crippen LogP contribution in [0.25, 0.3) is 0 Å². The zero-order valence-corrected chi connectivity index (χ0v) is 20.0. The van der Waals surface area contributed by atoms with Crippen molar-refractivity contribution in [3.05, 3.63) is 23.5 Å². The second-order valence-electron chi connectivity index (χ2n) is 12.1. The Morgan fingerprint density at radius 1 is 1.16 bits per heavy atom. The van der Waals surface area contributed by atoms with Gasteiger partial charge in [-0.1, -0.05) is 30.7 Å². The lowest BCUT2D eigenvalue weighted by Crippen LogP contribution is -2.53. The Bertz CT molecular complexity index is 879. The molecule has 3 fully saturated rings. The highest BCUT2D eigenvalue weighted by molar-refractivity contribution is 5.25. The third-order valence-electron chi connectivity index (χ3n) is 10.3. The highest BCUT2D eigenvalue weighted by atomic mass is 16.3. The number of aliphatic hydroxyl groups is 3. The molecular weight excluding hydrogens is 402 g/mol. The summed E-state index contributed by atoms with van der Waals surface area (Å²) in [5.74, 6) is 2.31. The van der Waals surface area contributed by atoms with Crippen LogP contribution in [0.15, 0.2) is 17.8 Å². The van der Waals surface area contributed by atoms with Crippen molar-refractivity contribution in [1.82, 2.24) is 15.0 Å². The van der Waals surface area contributed by atoms with Crippen LogP contribution in [0.2, 0.25) is 0 Å². The molecule has 0 spiro atoms. The maximum absolute atomic E-state index is 11.7. The SMILES string of the molecule is C[C@]12CC[C@H]3[C@@H](CC=C4C[C@@H](O)CC[C@@]43C)[C@@H]1CC[C@@H]2[C@@](C)(O)Cn1cc(CCO)nn1. The third-order valence-corrected chi connectivity index (χ3v) is 10.3. The average molecular weight is 444 g/mol. The van der Waals surface area contributed by atoms with E-state index >= 15 is 0 Å². The molecule has 3 N–H and O–H groups in total. The second kappa shape index (κ2) is 7.92. The summed E-state index contributed by atoms with van der Waals surface area (Å²) in [4.78, 5) is 0.